The van der Waals surface area contributed by atoms with Crippen molar-refractivity contribution in [3.63, 3.8) is 0 Å². The summed E-state index contributed by atoms with van der Waals surface area (Å²) in [6.45, 7) is 2.20. The molecule has 1 heterocycles. The van der Waals surface area contributed by atoms with E-state index in [1.807, 2.05) is 0 Å². The minimum Gasteiger partial charge on any atom is -0.382 e. The summed E-state index contributed by atoms with van der Waals surface area (Å²) >= 11 is 0. The lowest BCUT2D eigenvalue weighted by molar-refractivity contribution is 0.624. The molecule has 1 aliphatic heterocycles. The highest BCUT2D eigenvalue weighted by atomic mass is 32.2. The number of benzene rings is 1. The van der Waals surface area contributed by atoms with Crippen LogP contribution in [0.3, 0.4) is 0 Å². The molecule has 0 bridgehead atoms. The van der Waals surface area contributed by atoms with Crippen LogP contribution in [0.5, 0.6) is 0 Å². The Morgan fingerprint density at radius 2 is 1.88 bits per heavy atom. The zero-order chi connectivity index (χ0) is 12.1. The van der Waals surface area contributed by atoms with Gasteiger partial charge in [-0.05, 0) is 37.0 Å². The SMILES string of the molecule is CCCc1ccc(NC2CCS(=O)CC2)cc1. The molecule has 3 heteroatoms. The second kappa shape index (κ2) is 6.20. The van der Waals surface area contributed by atoms with Crippen LogP contribution in [-0.2, 0) is 17.2 Å². The van der Waals surface area contributed by atoms with E-state index in [1.54, 1.807) is 0 Å². The van der Waals surface area contributed by atoms with Gasteiger partial charge in [-0.1, -0.05) is 25.5 Å². The molecule has 1 saturated heterocycles. The zero-order valence-electron chi connectivity index (χ0n) is 10.4. The Hall–Kier alpha value is -0.830. The quantitative estimate of drug-likeness (QED) is 0.891. The van der Waals surface area contributed by atoms with E-state index in [0.717, 1.165) is 30.8 Å². The number of nitrogens with one attached hydrogen (secondary N) is 1. The summed E-state index contributed by atoms with van der Waals surface area (Å²) in [4.78, 5) is 0. The van der Waals surface area contributed by atoms with Gasteiger partial charge >= 0.3 is 0 Å². The highest BCUT2D eigenvalue weighted by Gasteiger charge is 2.17. The summed E-state index contributed by atoms with van der Waals surface area (Å²) < 4.78 is 11.3. The summed E-state index contributed by atoms with van der Waals surface area (Å²) in [5, 5.41) is 3.54. The molecule has 0 aliphatic carbocycles. The standard InChI is InChI=1S/C14H21NOS/c1-2-3-12-4-6-13(7-5-12)15-14-8-10-17(16)11-9-14/h4-7,14-15H,2-3,8-11H2,1H3. The van der Waals surface area contributed by atoms with Gasteiger partial charge in [0.2, 0.25) is 0 Å². The third-order valence-corrected chi connectivity index (χ3v) is 4.63. The lowest BCUT2D eigenvalue weighted by Gasteiger charge is -2.23. The first-order valence-electron chi connectivity index (χ1n) is 6.48. The maximum absolute atomic E-state index is 11.3. The van der Waals surface area contributed by atoms with E-state index >= 15 is 0 Å². The largest absolute Gasteiger partial charge is 0.382 e. The molecule has 1 aromatic carbocycles. The third kappa shape index (κ3) is 3.84. The third-order valence-electron chi connectivity index (χ3n) is 3.25. The van der Waals surface area contributed by atoms with Gasteiger partial charge in [0.25, 0.3) is 0 Å². The number of rotatable bonds is 4. The topological polar surface area (TPSA) is 29.1 Å². The van der Waals surface area contributed by atoms with Crippen molar-refractivity contribution in [1.29, 1.82) is 0 Å². The van der Waals surface area contributed by atoms with Gasteiger partial charge in [0, 0.05) is 34.0 Å². The molecule has 1 aliphatic rings. The molecule has 0 spiro atoms. The fourth-order valence-corrected chi connectivity index (χ4v) is 3.53. The minimum atomic E-state index is -0.565. The van der Waals surface area contributed by atoms with Gasteiger partial charge in [-0.3, -0.25) is 4.21 Å². The molecule has 0 amide bonds. The number of hydrogen-bond donors (Lipinski definition) is 1. The molecule has 1 fully saturated rings. The Morgan fingerprint density at radius 1 is 1.24 bits per heavy atom. The van der Waals surface area contributed by atoms with Gasteiger partial charge in [0.1, 0.15) is 0 Å². The van der Waals surface area contributed by atoms with Crippen LogP contribution in [0.1, 0.15) is 31.7 Å². The molecule has 0 saturated carbocycles. The average Bonchev–Trinajstić information content (AvgIpc) is 2.35. The van der Waals surface area contributed by atoms with Gasteiger partial charge in [0.05, 0.1) is 0 Å². The first-order chi connectivity index (χ1) is 8.28. The highest BCUT2D eigenvalue weighted by Crippen LogP contribution is 2.17. The lowest BCUT2D eigenvalue weighted by Crippen LogP contribution is -2.29. The predicted octanol–water partition coefficient (Wildman–Crippen LogP) is 2.96. The average molecular weight is 251 g/mol. The summed E-state index contributed by atoms with van der Waals surface area (Å²) in [5.74, 6) is 1.71. The van der Waals surface area contributed by atoms with E-state index in [9.17, 15) is 4.21 Å². The molecule has 1 aromatic rings. The molecule has 0 unspecified atom stereocenters. The van der Waals surface area contributed by atoms with Gasteiger partial charge in [-0.25, -0.2) is 0 Å². The monoisotopic (exact) mass is 251 g/mol. The Morgan fingerprint density at radius 3 is 2.47 bits per heavy atom. The summed E-state index contributed by atoms with van der Waals surface area (Å²) in [7, 11) is -0.565. The van der Waals surface area contributed by atoms with Crippen LogP contribution in [0.4, 0.5) is 5.69 Å². The molecular formula is C14H21NOS. The van der Waals surface area contributed by atoms with E-state index in [0.29, 0.717) is 6.04 Å². The minimum absolute atomic E-state index is 0.504. The van der Waals surface area contributed by atoms with Crippen LogP contribution in [0.2, 0.25) is 0 Å². The van der Waals surface area contributed by atoms with Crippen LogP contribution in [-0.4, -0.2) is 21.8 Å². The van der Waals surface area contributed by atoms with E-state index in [1.165, 1.54) is 17.7 Å². The smallest absolute Gasteiger partial charge is 0.0342 e. The first kappa shape index (κ1) is 12.6. The molecule has 94 valence electrons. The van der Waals surface area contributed by atoms with E-state index < -0.39 is 10.8 Å². The molecule has 0 atom stereocenters. The molecule has 1 N–H and O–H groups in total. The van der Waals surface area contributed by atoms with E-state index in [4.69, 9.17) is 0 Å². The normalized spacial score (nSPS) is 24.5. The predicted molar refractivity (Wildman–Crippen MR) is 75.0 cm³/mol. The first-order valence-corrected chi connectivity index (χ1v) is 7.97. The van der Waals surface area contributed by atoms with Crippen molar-refractivity contribution in [3.8, 4) is 0 Å². The molecule has 2 rings (SSSR count). The highest BCUT2D eigenvalue weighted by molar-refractivity contribution is 7.85. The van der Waals surface area contributed by atoms with Gasteiger partial charge in [-0.15, -0.1) is 0 Å². The molecule has 0 aromatic heterocycles. The zero-order valence-corrected chi connectivity index (χ0v) is 11.3. The van der Waals surface area contributed by atoms with Gasteiger partial charge in [0.15, 0.2) is 0 Å². The molecule has 17 heavy (non-hydrogen) atoms. The van der Waals surface area contributed by atoms with E-state index in [-0.39, 0.29) is 0 Å². The van der Waals surface area contributed by atoms with Gasteiger partial charge in [-0.2, -0.15) is 0 Å². The lowest BCUT2D eigenvalue weighted by atomic mass is 10.1. The Bertz CT molecular complexity index is 364. The molecular weight excluding hydrogens is 230 g/mol. The maximum Gasteiger partial charge on any atom is 0.0342 e. The van der Waals surface area contributed by atoms with Crippen LogP contribution in [0.25, 0.3) is 0 Å². The van der Waals surface area contributed by atoms with Crippen LogP contribution >= 0.6 is 0 Å². The van der Waals surface area contributed by atoms with Crippen molar-refractivity contribution >= 4 is 16.5 Å². The van der Waals surface area contributed by atoms with Crippen molar-refractivity contribution in [2.45, 2.75) is 38.6 Å². The Labute approximate surface area is 106 Å². The molecule has 2 nitrogen and oxygen atoms in total. The number of aryl methyl sites for hydroxylation is 1. The van der Waals surface area contributed by atoms with Crippen molar-refractivity contribution in [2.24, 2.45) is 0 Å². The van der Waals surface area contributed by atoms with Crippen LogP contribution in [0, 0.1) is 0 Å². The van der Waals surface area contributed by atoms with Crippen LogP contribution in [0.15, 0.2) is 24.3 Å². The van der Waals surface area contributed by atoms with Crippen molar-refractivity contribution in [3.05, 3.63) is 29.8 Å². The number of hydrogen-bond acceptors (Lipinski definition) is 2. The van der Waals surface area contributed by atoms with Crippen molar-refractivity contribution < 1.29 is 4.21 Å². The van der Waals surface area contributed by atoms with E-state index in [2.05, 4.69) is 36.5 Å². The van der Waals surface area contributed by atoms with Crippen molar-refractivity contribution in [1.82, 2.24) is 0 Å². The fourth-order valence-electron chi connectivity index (χ4n) is 2.23. The summed E-state index contributed by atoms with van der Waals surface area (Å²) in [6.07, 6.45) is 4.41. The van der Waals surface area contributed by atoms with Crippen LogP contribution < -0.4 is 5.32 Å². The van der Waals surface area contributed by atoms with Gasteiger partial charge < -0.3 is 5.32 Å². The summed E-state index contributed by atoms with van der Waals surface area (Å²) in [6, 6.07) is 9.23. The number of anilines is 1. The Balaban J connectivity index is 1.88. The second-order valence-electron chi connectivity index (χ2n) is 4.71. The molecule has 0 radical (unpaired) electrons. The Kier molecular flexibility index (Phi) is 4.60. The fraction of sp³-hybridized carbons (Fsp3) is 0.571. The maximum atomic E-state index is 11.3. The van der Waals surface area contributed by atoms with Crippen molar-refractivity contribution in [2.75, 3.05) is 16.8 Å². The second-order valence-corrected chi connectivity index (χ2v) is 6.41. The summed E-state index contributed by atoms with van der Waals surface area (Å²) in [5.41, 5.74) is 2.60.